The van der Waals surface area contributed by atoms with E-state index in [-0.39, 0.29) is 0 Å². The first-order chi connectivity index (χ1) is 12.9. The third-order valence-electron chi connectivity index (χ3n) is 3.68. The third kappa shape index (κ3) is 10.3. The molecule has 3 rings (SSSR count). The molecule has 0 fully saturated rings. The molecule has 3 aromatic rings. The van der Waals surface area contributed by atoms with E-state index in [9.17, 15) is 0 Å². The Morgan fingerprint density at radius 3 is 1.50 bits per heavy atom. The normalized spacial score (nSPS) is 13.5. The molecule has 28 heavy (non-hydrogen) atoms. The monoisotopic (exact) mass is 602 g/mol. The molecule has 0 saturated heterocycles. The van der Waals surface area contributed by atoms with E-state index < -0.39 is 9.14 Å². The van der Waals surface area contributed by atoms with Crippen LogP contribution < -0.4 is 0 Å². The average molecular weight is 606 g/mol. The van der Waals surface area contributed by atoms with Crippen LogP contribution in [0, 0.1) is 11.8 Å². The summed E-state index contributed by atoms with van der Waals surface area (Å²) in [6.07, 6.45) is 3.38. The van der Waals surface area contributed by atoms with Crippen LogP contribution in [0.1, 0.15) is 31.7 Å². The molecule has 7 heteroatoms. The molecule has 0 aliphatic carbocycles. The van der Waals surface area contributed by atoms with Gasteiger partial charge in [-0.15, -0.1) is 0 Å². The van der Waals surface area contributed by atoms with Crippen LogP contribution in [0.2, 0.25) is 0 Å². The maximum atomic E-state index is 5.06. The van der Waals surface area contributed by atoms with Crippen LogP contribution in [-0.4, -0.2) is 9.14 Å². The fourth-order valence-corrected chi connectivity index (χ4v) is 2.52. The summed E-state index contributed by atoms with van der Waals surface area (Å²) in [4.78, 5) is 0. The third-order valence-corrected chi connectivity index (χ3v) is 3.68. The first kappa shape index (κ1) is 24.4. The Morgan fingerprint density at radius 1 is 0.750 bits per heavy atom. The van der Waals surface area contributed by atoms with Gasteiger partial charge in [-0.25, -0.2) is 0 Å². The van der Waals surface area contributed by atoms with E-state index in [1.54, 1.807) is 0 Å². The summed E-state index contributed by atoms with van der Waals surface area (Å²) in [5.74, 6) is 6.70. The summed E-state index contributed by atoms with van der Waals surface area (Å²) < 4.78 is 0. The zero-order valence-electron chi connectivity index (χ0n) is 15.1. The first-order valence-electron chi connectivity index (χ1n) is 8.65. The van der Waals surface area contributed by atoms with Crippen molar-refractivity contribution in [1.29, 1.82) is 0 Å². The van der Waals surface area contributed by atoms with Crippen LogP contribution in [0.4, 0.5) is 0 Å². The van der Waals surface area contributed by atoms with Gasteiger partial charge in [-0.3, -0.25) is 0 Å². The standard InChI is InChI=1S/C21H19.6ClH.Sb/c1-2-3-4-11-16-19-20(17-12-7-5-8-13-17)21(19)18-14-9-6-10-15-18;;;;;;;/h5-10,12-15H,2-4H2,1H3;6*1H;/q+1;;;;;;;+5/p-6. The molecule has 0 spiro atoms. The molecule has 0 aromatic heterocycles. The van der Waals surface area contributed by atoms with E-state index in [4.69, 9.17) is 53.0 Å². The summed E-state index contributed by atoms with van der Waals surface area (Å²) in [6, 6.07) is 21.1. The van der Waals surface area contributed by atoms with E-state index in [0.717, 1.165) is 6.42 Å². The zero-order chi connectivity index (χ0) is 20.9. The average Bonchev–Trinajstić information content (AvgIpc) is 3.32. The van der Waals surface area contributed by atoms with E-state index in [1.165, 1.54) is 40.7 Å². The van der Waals surface area contributed by atoms with Crippen molar-refractivity contribution in [1.82, 2.24) is 0 Å². The van der Waals surface area contributed by atoms with Crippen molar-refractivity contribution in [3.63, 3.8) is 0 Å². The number of halogens is 6. The van der Waals surface area contributed by atoms with Gasteiger partial charge in [0.2, 0.25) is 0 Å². The van der Waals surface area contributed by atoms with Gasteiger partial charge in [0.05, 0.1) is 11.1 Å². The second kappa shape index (κ2) is 9.12. The van der Waals surface area contributed by atoms with Gasteiger partial charge in [-0.1, -0.05) is 49.7 Å². The minimum absolute atomic E-state index is 0.990. The Bertz CT molecular complexity index is 866. The fraction of sp³-hybridized carbons (Fsp3) is 0.190. The molecular formula is C21H19Cl6Sb. The van der Waals surface area contributed by atoms with Gasteiger partial charge < -0.3 is 0 Å². The number of unbranched alkanes of at least 4 members (excludes halogenated alkanes) is 2. The van der Waals surface area contributed by atoms with Crippen LogP contribution >= 0.6 is 53.0 Å². The molecule has 0 aliphatic heterocycles. The molecule has 0 saturated carbocycles. The van der Waals surface area contributed by atoms with Crippen LogP contribution in [-0.2, 0) is 0 Å². The van der Waals surface area contributed by atoms with Gasteiger partial charge in [0, 0.05) is 12.3 Å². The molecule has 0 amide bonds. The first-order valence-corrected chi connectivity index (χ1v) is 28.0. The summed E-state index contributed by atoms with van der Waals surface area (Å²) >= 11 is 0. The molecule has 0 N–H and O–H groups in total. The Labute approximate surface area is 186 Å². The van der Waals surface area contributed by atoms with Crippen molar-refractivity contribution >= 4 is 62.1 Å². The molecule has 150 valence electrons. The molecule has 3 aromatic carbocycles. The van der Waals surface area contributed by atoms with Crippen molar-refractivity contribution in [3.8, 4) is 34.1 Å². The number of hydrogen-bond acceptors (Lipinski definition) is 0. The van der Waals surface area contributed by atoms with Crippen molar-refractivity contribution in [2.24, 2.45) is 0 Å². The Morgan fingerprint density at radius 2 is 1.14 bits per heavy atom. The van der Waals surface area contributed by atoms with Crippen molar-refractivity contribution in [2.45, 2.75) is 26.2 Å². The Kier molecular flexibility index (Phi) is 7.96. The van der Waals surface area contributed by atoms with Crippen LogP contribution in [0.3, 0.4) is 0 Å². The zero-order valence-corrected chi connectivity index (χ0v) is 22.2. The second-order valence-electron chi connectivity index (χ2n) is 6.22. The van der Waals surface area contributed by atoms with Crippen molar-refractivity contribution < 1.29 is 0 Å². The van der Waals surface area contributed by atoms with E-state index in [0.29, 0.717) is 0 Å². The molecule has 0 unspecified atom stereocenters. The fourth-order valence-electron chi connectivity index (χ4n) is 2.52. The molecule has 0 heterocycles. The van der Waals surface area contributed by atoms with Crippen molar-refractivity contribution in [2.75, 3.05) is 0 Å². The molecular weight excluding hydrogens is 587 g/mol. The number of benzene rings is 2. The topological polar surface area (TPSA) is 0 Å². The van der Waals surface area contributed by atoms with Gasteiger partial charge in [0.15, 0.2) is 5.56 Å². The Hall–Kier alpha value is 0.168. The minimum atomic E-state index is -5.42. The summed E-state index contributed by atoms with van der Waals surface area (Å²) in [6.45, 7) is 2.20. The number of hydrogen-bond donors (Lipinski definition) is 0. The molecule has 0 atom stereocenters. The predicted molar refractivity (Wildman–Crippen MR) is 131 cm³/mol. The molecule has 0 radical (unpaired) electrons. The van der Waals surface area contributed by atoms with Crippen molar-refractivity contribution in [3.05, 3.63) is 66.2 Å². The second-order valence-corrected chi connectivity index (χ2v) is 63.1. The van der Waals surface area contributed by atoms with E-state index in [2.05, 4.69) is 79.4 Å². The van der Waals surface area contributed by atoms with Crippen LogP contribution in [0.5, 0.6) is 0 Å². The molecule has 0 aliphatic rings. The van der Waals surface area contributed by atoms with Crippen LogP contribution in [0.25, 0.3) is 22.3 Å². The van der Waals surface area contributed by atoms with Gasteiger partial charge in [0.1, 0.15) is 11.1 Å². The van der Waals surface area contributed by atoms with E-state index >= 15 is 0 Å². The van der Waals surface area contributed by atoms with Gasteiger partial charge in [-0.2, -0.15) is 0 Å². The number of rotatable bonds is 4. The quantitative estimate of drug-likeness (QED) is 0.120. The van der Waals surface area contributed by atoms with Gasteiger partial charge in [0.25, 0.3) is 0 Å². The van der Waals surface area contributed by atoms with Gasteiger partial charge >= 0.3 is 62.1 Å². The molecule has 0 nitrogen and oxygen atoms in total. The Balaban J connectivity index is 0.000000345. The van der Waals surface area contributed by atoms with E-state index in [1.807, 2.05) is 0 Å². The summed E-state index contributed by atoms with van der Waals surface area (Å²) in [5, 5.41) is 0. The summed E-state index contributed by atoms with van der Waals surface area (Å²) in [7, 11) is 25.0. The predicted octanol–water partition coefficient (Wildman–Crippen LogP) is 9.48. The maximum absolute atomic E-state index is 5.42. The van der Waals surface area contributed by atoms with Crippen LogP contribution in [0.15, 0.2) is 60.7 Å². The summed E-state index contributed by atoms with van der Waals surface area (Å²) in [5.41, 5.74) is 6.42. The molecule has 0 bridgehead atoms. The van der Waals surface area contributed by atoms with Gasteiger partial charge in [-0.05, 0) is 36.6 Å². The SMILES string of the molecule is CCCCC#C[c+]1c(-c2ccccc2)c1-c1ccccc1.[Cl][Sb-]([Cl])([Cl])([Cl])([Cl])[Cl].